The Morgan fingerprint density at radius 1 is 1.30 bits per heavy atom. The van der Waals surface area contributed by atoms with Gasteiger partial charge < -0.3 is 20.1 Å². The van der Waals surface area contributed by atoms with E-state index in [0.29, 0.717) is 6.54 Å². The lowest BCUT2D eigenvalue weighted by Crippen LogP contribution is -2.49. The van der Waals surface area contributed by atoms with E-state index in [9.17, 15) is 14.7 Å². The maximum Gasteiger partial charge on any atom is 0.325 e. The quantitative estimate of drug-likeness (QED) is 0.814. The van der Waals surface area contributed by atoms with Crippen molar-refractivity contribution in [1.82, 2.24) is 10.2 Å². The molecule has 1 aromatic rings. The number of hydrogen-bond acceptors (Lipinski definition) is 4. The molecule has 1 aliphatic rings. The van der Waals surface area contributed by atoms with Gasteiger partial charge in [0.2, 0.25) is 0 Å². The number of esters is 1. The lowest BCUT2D eigenvalue weighted by atomic mass is 9.96. The summed E-state index contributed by atoms with van der Waals surface area (Å²) in [5, 5.41) is 11.9. The third-order valence-electron chi connectivity index (χ3n) is 4.20. The summed E-state index contributed by atoms with van der Waals surface area (Å²) in [6.45, 7) is 0.615. The number of rotatable bonds is 5. The summed E-state index contributed by atoms with van der Waals surface area (Å²) < 4.78 is 4.54. The highest BCUT2D eigenvalue weighted by Crippen LogP contribution is 2.22. The molecule has 2 amide bonds. The first-order chi connectivity index (χ1) is 11.1. The molecule has 1 atom stereocenters. The van der Waals surface area contributed by atoms with Crippen molar-refractivity contribution in [2.75, 3.05) is 20.2 Å². The molecule has 2 N–H and O–H groups in total. The number of nitrogens with zero attached hydrogens (tertiary/aromatic N) is 1. The van der Waals surface area contributed by atoms with E-state index in [0.717, 1.165) is 37.7 Å². The van der Waals surface area contributed by atoms with Crippen molar-refractivity contribution in [3.05, 3.63) is 29.8 Å². The topological polar surface area (TPSA) is 78.9 Å². The summed E-state index contributed by atoms with van der Waals surface area (Å²) in [6, 6.07) is 7.13. The molecule has 0 spiro atoms. The zero-order valence-corrected chi connectivity index (χ0v) is 13.5. The van der Waals surface area contributed by atoms with Crippen LogP contribution in [0.4, 0.5) is 4.79 Å². The van der Waals surface area contributed by atoms with Crippen LogP contribution in [-0.2, 0) is 16.0 Å². The van der Waals surface area contributed by atoms with Gasteiger partial charge in [-0.1, -0.05) is 12.1 Å². The number of phenolic OH excluding ortho intramolecular Hbond substituents is 1. The van der Waals surface area contributed by atoms with Crippen molar-refractivity contribution in [3.63, 3.8) is 0 Å². The predicted octanol–water partition coefficient (Wildman–Crippen LogP) is 2.06. The van der Waals surface area contributed by atoms with Crippen molar-refractivity contribution in [2.24, 2.45) is 0 Å². The number of ether oxygens (including phenoxy) is 1. The Kier molecular flexibility index (Phi) is 6.26. The number of phenols is 1. The molecule has 1 heterocycles. The highest BCUT2D eigenvalue weighted by Gasteiger charge is 2.26. The Morgan fingerprint density at radius 2 is 2.04 bits per heavy atom. The predicted molar refractivity (Wildman–Crippen MR) is 86.2 cm³/mol. The summed E-state index contributed by atoms with van der Waals surface area (Å²) in [7, 11) is 1.30. The third-order valence-corrected chi connectivity index (χ3v) is 4.20. The molecule has 0 aliphatic carbocycles. The van der Waals surface area contributed by atoms with Crippen LogP contribution in [0.15, 0.2) is 24.3 Å². The highest BCUT2D eigenvalue weighted by atomic mass is 16.5. The minimum Gasteiger partial charge on any atom is -0.508 e. The molecule has 1 saturated heterocycles. The van der Waals surface area contributed by atoms with E-state index in [1.807, 2.05) is 17.0 Å². The van der Waals surface area contributed by atoms with Gasteiger partial charge in [0.05, 0.1) is 7.11 Å². The van der Waals surface area contributed by atoms with Crippen LogP contribution in [0.3, 0.4) is 0 Å². The number of carbonyl (C=O) groups excluding carboxylic acids is 2. The first-order valence-corrected chi connectivity index (χ1v) is 7.99. The molecule has 1 fully saturated rings. The molecule has 1 aliphatic heterocycles. The van der Waals surface area contributed by atoms with Gasteiger partial charge in [-0.3, -0.25) is 4.79 Å². The zero-order chi connectivity index (χ0) is 16.7. The summed E-state index contributed by atoms with van der Waals surface area (Å²) in [5.41, 5.74) is 1.14. The highest BCUT2D eigenvalue weighted by molar-refractivity contribution is 5.81. The van der Waals surface area contributed by atoms with Gasteiger partial charge in [-0.15, -0.1) is 0 Å². The van der Waals surface area contributed by atoms with E-state index in [4.69, 9.17) is 0 Å². The minimum absolute atomic E-state index is 0.101. The number of methoxy groups -OCH3 is 1. The number of nitrogens with one attached hydrogen (secondary N) is 1. The molecule has 126 valence electrons. The Bertz CT molecular complexity index is 530. The van der Waals surface area contributed by atoms with Gasteiger partial charge in [-0.25, -0.2) is 4.79 Å². The van der Waals surface area contributed by atoms with Crippen LogP contribution in [0.25, 0.3) is 0 Å². The molecular formula is C17H24N2O4. The molecule has 6 heteroatoms. The van der Waals surface area contributed by atoms with E-state index in [2.05, 4.69) is 10.1 Å². The van der Waals surface area contributed by atoms with Crippen LogP contribution in [0.2, 0.25) is 0 Å². The lowest BCUT2D eigenvalue weighted by Gasteiger charge is -2.35. The molecule has 0 saturated carbocycles. The van der Waals surface area contributed by atoms with Gasteiger partial charge >= 0.3 is 12.0 Å². The summed E-state index contributed by atoms with van der Waals surface area (Å²) in [4.78, 5) is 25.2. The number of aromatic hydroxyl groups is 1. The van der Waals surface area contributed by atoms with Gasteiger partial charge in [0.1, 0.15) is 12.3 Å². The van der Waals surface area contributed by atoms with Crippen LogP contribution in [0.5, 0.6) is 5.75 Å². The van der Waals surface area contributed by atoms with Crippen LogP contribution in [0, 0.1) is 0 Å². The van der Waals surface area contributed by atoms with Crippen molar-refractivity contribution >= 4 is 12.0 Å². The second kappa shape index (κ2) is 8.41. The summed E-state index contributed by atoms with van der Waals surface area (Å²) in [6.07, 6.45) is 4.80. The third kappa shape index (κ3) is 5.16. The fourth-order valence-electron chi connectivity index (χ4n) is 2.89. The van der Waals surface area contributed by atoms with Gasteiger partial charge in [-0.05, 0) is 49.8 Å². The maximum absolute atomic E-state index is 12.3. The van der Waals surface area contributed by atoms with Crippen LogP contribution < -0.4 is 5.32 Å². The fourth-order valence-corrected chi connectivity index (χ4v) is 2.89. The van der Waals surface area contributed by atoms with Crippen LogP contribution >= 0.6 is 0 Å². The second-order valence-corrected chi connectivity index (χ2v) is 5.78. The van der Waals surface area contributed by atoms with E-state index in [1.54, 1.807) is 12.1 Å². The Hall–Kier alpha value is -2.24. The zero-order valence-electron chi connectivity index (χ0n) is 13.5. The monoisotopic (exact) mass is 320 g/mol. The molecule has 6 nitrogen and oxygen atoms in total. The van der Waals surface area contributed by atoms with Gasteiger partial charge in [0.15, 0.2) is 0 Å². The molecule has 0 aromatic heterocycles. The molecule has 2 rings (SSSR count). The normalized spacial score (nSPS) is 17.6. The number of likely N-dealkylation sites (tertiary alicyclic amines) is 1. The lowest BCUT2D eigenvalue weighted by molar-refractivity contribution is -0.139. The van der Waals surface area contributed by atoms with Crippen molar-refractivity contribution in [3.8, 4) is 5.75 Å². The van der Waals surface area contributed by atoms with Gasteiger partial charge in [0.25, 0.3) is 0 Å². The maximum atomic E-state index is 12.3. The summed E-state index contributed by atoms with van der Waals surface area (Å²) in [5.74, 6) is -0.189. The standard InChI is InChI=1S/C17H24N2O4/c1-23-16(21)12-18-17(22)19-11-3-2-4-14(19)8-5-13-6-9-15(20)10-7-13/h6-7,9-10,14,20H,2-5,8,11-12H2,1H3,(H,18,22). The Morgan fingerprint density at radius 3 is 2.74 bits per heavy atom. The van der Waals surface area contributed by atoms with Crippen LogP contribution in [-0.4, -0.2) is 48.2 Å². The van der Waals surface area contributed by atoms with Crippen molar-refractivity contribution < 1.29 is 19.4 Å². The number of urea groups is 1. The average Bonchev–Trinajstić information content (AvgIpc) is 2.59. The molecular weight excluding hydrogens is 296 g/mol. The largest absolute Gasteiger partial charge is 0.508 e. The van der Waals surface area contributed by atoms with Gasteiger partial charge in [0, 0.05) is 12.6 Å². The van der Waals surface area contributed by atoms with E-state index < -0.39 is 5.97 Å². The second-order valence-electron chi connectivity index (χ2n) is 5.78. The van der Waals surface area contributed by atoms with Crippen molar-refractivity contribution in [2.45, 2.75) is 38.1 Å². The fraction of sp³-hybridized carbons (Fsp3) is 0.529. The van der Waals surface area contributed by atoms with Crippen molar-refractivity contribution in [1.29, 1.82) is 0 Å². The van der Waals surface area contributed by atoms with E-state index >= 15 is 0 Å². The first kappa shape index (κ1) is 17.1. The Balaban J connectivity index is 1.88. The number of amides is 2. The Labute approximate surface area is 136 Å². The number of benzene rings is 1. The number of aryl methyl sites for hydroxylation is 1. The average molecular weight is 320 g/mol. The first-order valence-electron chi connectivity index (χ1n) is 7.99. The number of piperidine rings is 1. The summed E-state index contributed by atoms with van der Waals surface area (Å²) >= 11 is 0. The molecule has 23 heavy (non-hydrogen) atoms. The number of carbonyl (C=O) groups is 2. The minimum atomic E-state index is -0.448. The molecule has 0 radical (unpaired) electrons. The molecule has 1 unspecified atom stereocenters. The number of hydrogen-bond donors (Lipinski definition) is 2. The SMILES string of the molecule is COC(=O)CNC(=O)N1CCCCC1CCc1ccc(O)cc1. The van der Waals surface area contributed by atoms with Gasteiger partial charge in [-0.2, -0.15) is 0 Å². The molecule has 0 bridgehead atoms. The van der Waals surface area contributed by atoms with E-state index in [1.165, 1.54) is 7.11 Å². The van der Waals surface area contributed by atoms with Crippen LogP contribution in [0.1, 0.15) is 31.2 Å². The molecule has 1 aromatic carbocycles. The van der Waals surface area contributed by atoms with E-state index in [-0.39, 0.29) is 24.4 Å². The smallest absolute Gasteiger partial charge is 0.325 e.